The normalized spacial score (nSPS) is 14.2. The second-order valence-electron chi connectivity index (χ2n) is 7.85. The van der Waals surface area contributed by atoms with Gasteiger partial charge in [-0.2, -0.15) is 0 Å². The van der Waals surface area contributed by atoms with E-state index in [0.29, 0.717) is 18.8 Å². The van der Waals surface area contributed by atoms with Crippen molar-refractivity contribution in [2.24, 2.45) is 5.73 Å². The van der Waals surface area contributed by atoms with Gasteiger partial charge in [0.15, 0.2) is 11.5 Å². The van der Waals surface area contributed by atoms with Crippen molar-refractivity contribution in [1.82, 2.24) is 4.57 Å². The molecule has 5 heteroatoms. The molecule has 1 atom stereocenters. The van der Waals surface area contributed by atoms with Crippen LogP contribution in [0.15, 0.2) is 54.6 Å². The molecule has 0 fully saturated rings. The number of ether oxygens (including phenoxy) is 2. The monoisotopic (exact) mass is 404 g/mol. The van der Waals surface area contributed by atoms with Crippen LogP contribution in [0.1, 0.15) is 47.4 Å². The molecular weight excluding hydrogens is 376 g/mol. The summed E-state index contributed by atoms with van der Waals surface area (Å²) >= 11 is 0. The van der Waals surface area contributed by atoms with Crippen LogP contribution in [0.2, 0.25) is 0 Å². The molecule has 0 radical (unpaired) electrons. The predicted octanol–water partition coefficient (Wildman–Crippen LogP) is 4.92. The fraction of sp³-hybridized carbons (Fsp3) is 0.320. The van der Waals surface area contributed by atoms with Crippen LogP contribution in [-0.4, -0.2) is 23.7 Å². The standard InChI is InChI=1S/C25H28N2O3/c1-17(9-10-19-7-4-3-5-8-19)27-18(2)21(25(26)28)16-22(27)20-11-12-23-24(15-20)30-14-6-13-29-23/h3-5,7-8,11-12,15-17H,6,9-10,13-14H2,1-2H3,(H2,26,28). The maximum absolute atomic E-state index is 12.1. The lowest BCUT2D eigenvalue weighted by molar-refractivity contribution is 0.0999. The minimum absolute atomic E-state index is 0.198. The van der Waals surface area contributed by atoms with Crippen LogP contribution in [0.25, 0.3) is 11.3 Å². The maximum atomic E-state index is 12.1. The van der Waals surface area contributed by atoms with E-state index < -0.39 is 5.91 Å². The van der Waals surface area contributed by atoms with E-state index in [1.807, 2.05) is 37.3 Å². The van der Waals surface area contributed by atoms with Crippen LogP contribution in [0, 0.1) is 6.92 Å². The Hall–Kier alpha value is -3.21. The number of carbonyl (C=O) groups excluding carboxylic acids is 1. The lowest BCUT2D eigenvalue weighted by atomic mass is 10.0. The number of carbonyl (C=O) groups is 1. The van der Waals surface area contributed by atoms with Crippen LogP contribution >= 0.6 is 0 Å². The van der Waals surface area contributed by atoms with Gasteiger partial charge in [-0.3, -0.25) is 4.79 Å². The number of rotatable bonds is 6. The van der Waals surface area contributed by atoms with Gasteiger partial charge in [0.1, 0.15) is 0 Å². The summed E-state index contributed by atoms with van der Waals surface area (Å²) in [5, 5.41) is 0. The lowest BCUT2D eigenvalue weighted by Crippen LogP contribution is -2.14. The van der Waals surface area contributed by atoms with Gasteiger partial charge in [0.2, 0.25) is 0 Å². The van der Waals surface area contributed by atoms with Crippen LogP contribution in [0.5, 0.6) is 11.5 Å². The SMILES string of the molecule is Cc1c(C(N)=O)cc(-c2ccc3c(c2)OCCCO3)n1C(C)CCc1ccccc1. The van der Waals surface area contributed by atoms with Gasteiger partial charge in [-0.25, -0.2) is 0 Å². The van der Waals surface area contributed by atoms with E-state index >= 15 is 0 Å². The van der Waals surface area contributed by atoms with Crippen molar-refractivity contribution in [2.75, 3.05) is 13.2 Å². The Balaban J connectivity index is 1.70. The average Bonchev–Trinajstić information content (AvgIpc) is 2.94. The molecule has 1 unspecified atom stereocenters. The number of nitrogens with two attached hydrogens (primary N) is 1. The summed E-state index contributed by atoms with van der Waals surface area (Å²) in [6.45, 7) is 5.44. The molecule has 2 heterocycles. The van der Waals surface area contributed by atoms with E-state index in [4.69, 9.17) is 15.2 Å². The highest BCUT2D eigenvalue weighted by Crippen LogP contribution is 2.37. The molecule has 0 spiro atoms. The Bertz CT molecular complexity index is 1040. The molecule has 1 aromatic heterocycles. The zero-order valence-electron chi connectivity index (χ0n) is 17.6. The molecule has 1 amide bonds. The molecule has 2 N–H and O–H groups in total. The van der Waals surface area contributed by atoms with Crippen LogP contribution in [0.3, 0.4) is 0 Å². The topological polar surface area (TPSA) is 66.5 Å². The van der Waals surface area contributed by atoms with Gasteiger partial charge in [0.05, 0.1) is 18.8 Å². The van der Waals surface area contributed by atoms with Crippen molar-refractivity contribution in [1.29, 1.82) is 0 Å². The van der Waals surface area contributed by atoms with E-state index in [9.17, 15) is 4.79 Å². The van der Waals surface area contributed by atoms with E-state index in [1.165, 1.54) is 5.56 Å². The third-order valence-electron chi connectivity index (χ3n) is 5.73. The van der Waals surface area contributed by atoms with Crippen molar-refractivity contribution in [2.45, 2.75) is 39.2 Å². The van der Waals surface area contributed by atoms with E-state index in [-0.39, 0.29) is 6.04 Å². The molecule has 1 aliphatic heterocycles. The van der Waals surface area contributed by atoms with Crippen LogP contribution in [0.4, 0.5) is 0 Å². The van der Waals surface area contributed by atoms with Crippen LogP contribution < -0.4 is 15.2 Å². The first-order valence-electron chi connectivity index (χ1n) is 10.5. The van der Waals surface area contributed by atoms with Gasteiger partial charge in [-0.05, 0) is 56.5 Å². The maximum Gasteiger partial charge on any atom is 0.250 e. The summed E-state index contributed by atoms with van der Waals surface area (Å²) in [7, 11) is 0. The molecule has 156 valence electrons. The number of benzene rings is 2. The van der Waals surface area contributed by atoms with E-state index in [0.717, 1.165) is 47.7 Å². The minimum Gasteiger partial charge on any atom is -0.490 e. The molecule has 1 aliphatic rings. The Morgan fingerprint density at radius 3 is 2.53 bits per heavy atom. The highest BCUT2D eigenvalue weighted by Gasteiger charge is 2.21. The second-order valence-corrected chi connectivity index (χ2v) is 7.85. The highest BCUT2D eigenvalue weighted by molar-refractivity contribution is 5.95. The Labute approximate surface area is 177 Å². The molecule has 2 aromatic carbocycles. The quantitative estimate of drug-likeness (QED) is 0.634. The molecule has 0 bridgehead atoms. The van der Waals surface area contributed by atoms with Crippen molar-refractivity contribution in [3.8, 4) is 22.8 Å². The van der Waals surface area contributed by atoms with Crippen molar-refractivity contribution in [3.05, 3.63) is 71.4 Å². The molecule has 0 saturated heterocycles. The molecule has 0 saturated carbocycles. The van der Waals surface area contributed by atoms with Crippen LogP contribution in [-0.2, 0) is 6.42 Å². The third-order valence-corrected chi connectivity index (χ3v) is 5.73. The third kappa shape index (κ3) is 4.06. The predicted molar refractivity (Wildman–Crippen MR) is 118 cm³/mol. The molecule has 3 aromatic rings. The molecule has 0 aliphatic carbocycles. The van der Waals surface area contributed by atoms with Crippen molar-refractivity contribution >= 4 is 5.91 Å². The first-order chi connectivity index (χ1) is 14.5. The molecule has 4 rings (SSSR count). The lowest BCUT2D eigenvalue weighted by Gasteiger charge is -2.21. The largest absolute Gasteiger partial charge is 0.490 e. The minimum atomic E-state index is -0.405. The molecule has 30 heavy (non-hydrogen) atoms. The first kappa shape index (κ1) is 20.1. The fourth-order valence-electron chi connectivity index (χ4n) is 4.13. The van der Waals surface area contributed by atoms with Crippen molar-refractivity contribution < 1.29 is 14.3 Å². The summed E-state index contributed by atoms with van der Waals surface area (Å²) in [5.41, 5.74) is 10.4. The Morgan fingerprint density at radius 1 is 1.07 bits per heavy atom. The number of aromatic nitrogens is 1. The number of primary amides is 1. The number of hydrogen-bond donors (Lipinski definition) is 1. The first-order valence-corrected chi connectivity index (χ1v) is 10.5. The number of fused-ring (bicyclic) bond motifs is 1. The second kappa shape index (κ2) is 8.66. The summed E-state index contributed by atoms with van der Waals surface area (Å²) in [6.07, 6.45) is 2.78. The zero-order chi connectivity index (χ0) is 21.1. The van der Waals surface area contributed by atoms with Gasteiger partial charge < -0.3 is 19.8 Å². The van der Waals surface area contributed by atoms with Gasteiger partial charge >= 0.3 is 0 Å². The summed E-state index contributed by atoms with van der Waals surface area (Å²) in [5.74, 6) is 1.10. The smallest absolute Gasteiger partial charge is 0.250 e. The summed E-state index contributed by atoms with van der Waals surface area (Å²) in [6, 6.07) is 18.5. The van der Waals surface area contributed by atoms with Crippen molar-refractivity contribution in [3.63, 3.8) is 0 Å². The number of hydrogen-bond acceptors (Lipinski definition) is 3. The Kier molecular flexibility index (Phi) is 5.79. The molecule has 5 nitrogen and oxygen atoms in total. The van der Waals surface area contributed by atoms with Gasteiger partial charge in [0, 0.05) is 29.4 Å². The fourth-order valence-corrected chi connectivity index (χ4v) is 4.13. The van der Waals surface area contributed by atoms with Gasteiger partial charge in [-0.1, -0.05) is 30.3 Å². The van der Waals surface area contributed by atoms with Gasteiger partial charge in [0.25, 0.3) is 5.91 Å². The van der Waals surface area contributed by atoms with Gasteiger partial charge in [-0.15, -0.1) is 0 Å². The Morgan fingerprint density at radius 2 is 1.80 bits per heavy atom. The summed E-state index contributed by atoms with van der Waals surface area (Å²) < 4.78 is 13.9. The number of nitrogens with zero attached hydrogens (tertiary/aromatic N) is 1. The van der Waals surface area contributed by atoms with E-state index in [2.05, 4.69) is 35.8 Å². The number of amides is 1. The molecular formula is C25H28N2O3. The summed E-state index contributed by atoms with van der Waals surface area (Å²) in [4.78, 5) is 12.1. The van der Waals surface area contributed by atoms with E-state index in [1.54, 1.807) is 0 Å². The zero-order valence-corrected chi connectivity index (χ0v) is 17.6. The number of aryl methyl sites for hydroxylation is 1. The highest BCUT2D eigenvalue weighted by atomic mass is 16.5. The average molecular weight is 405 g/mol.